The van der Waals surface area contributed by atoms with Crippen molar-refractivity contribution in [1.82, 2.24) is 10.3 Å². The number of hydrogen-bond acceptors (Lipinski definition) is 3. The van der Waals surface area contributed by atoms with E-state index in [4.69, 9.17) is 16.6 Å². The highest BCUT2D eigenvalue weighted by atomic mass is 35.5. The van der Waals surface area contributed by atoms with Crippen LogP contribution in [0.25, 0.3) is 10.9 Å². The molecule has 1 aromatic heterocycles. The van der Waals surface area contributed by atoms with Gasteiger partial charge in [-0.05, 0) is 75.4 Å². The van der Waals surface area contributed by atoms with Gasteiger partial charge < -0.3 is 10.6 Å². The van der Waals surface area contributed by atoms with Gasteiger partial charge in [0.1, 0.15) is 0 Å². The topological polar surface area (TPSA) is 37.0 Å². The van der Waals surface area contributed by atoms with Gasteiger partial charge in [0.15, 0.2) is 0 Å². The third kappa shape index (κ3) is 3.84. The molecule has 0 spiro atoms. The molecule has 1 heterocycles. The van der Waals surface area contributed by atoms with Gasteiger partial charge in [-0.3, -0.25) is 4.98 Å². The molecule has 0 amide bonds. The van der Waals surface area contributed by atoms with E-state index < -0.39 is 0 Å². The molecule has 2 fully saturated rings. The Morgan fingerprint density at radius 3 is 2.54 bits per heavy atom. The van der Waals surface area contributed by atoms with Crippen LogP contribution >= 0.6 is 11.6 Å². The quantitative estimate of drug-likeness (QED) is 0.694. The summed E-state index contributed by atoms with van der Waals surface area (Å²) in [4.78, 5) is 4.97. The molecule has 0 saturated heterocycles. The zero-order chi connectivity index (χ0) is 17.9. The van der Waals surface area contributed by atoms with Crippen LogP contribution in [0.3, 0.4) is 0 Å². The number of hydrogen-bond donors (Lipinski definition) is 2. The van der Waals surface area contributed by atoms with Crippen molar-refractivity contribution in [3.8, 4) is 0 Å². The SMILES string of the molecule is CNCC1CCCC1CNc1cc(C2CCCC2)nc2cc(Cl)ccc12. The number of halogens is 1. The first-order chi connectivity index (χ1) is 12.7. The van der Waals surface area contributed by atoms with E-state index in [2.05, 4.69) is 29.8 Å². The molecule has 0 bridgehead atoms. The Morgan fingerprint density at radius 1 is 1.00 bits per heavy atom. The minimum absolute atomic E-state index is 0.613. The second-order valence-corrected chi connectivity index (χ2v) is 8.56. The highest BCUT2D eigenvalue weighted by Gasteiger charge is 2.27. The summed E-state index contributed by atoms with van der Waals surface area (Å²) in [5, 5.41) is 9.12. The fourth-order valence-corrected chi connectivity index (χ4v) is 5.12. The van der Waals surface area contributed by atoms with E-state index >= 15 is 0 Å². The van der Waals surface area contributed by atoms with Gasteiger partial charge in [0.25, 0.3) is 0 Å². The van der Waals surface area contributed by atoms with Crippen LogP contribution in [-0.2, 0) is 0 Å². The lowest BCUT2D eigenvalue weighted by atomic mass is 9.95. The van der Waals surface area contributed by atoms with E-state index in [0.29, 0.717) is 5.92 Å². The zero-order valence-electron chi connectivity index (χ0n) is 15.7. The van der Waals surface area contributed by atoms with E-state index in [9.17, 15) is 0 Å². The average Bonchev–Trinajstić information content (AvgIpc) is 3.31. The number of anilines is 1. The molecule has 1 aromatic carbocycles. The van der Waals surface area contributed by atoms with Gasteiger partial charge in [-0.2, -0.15) is 0 Å². The first kappa shape index (κ1) is 18.1. The number of benzene rings is 1. The van der Waals surface area contributed by atoms with Crippen LogP contribution in [-0.4, -0.2) is 25.1 Å². The second kappa shape index (κ2) is 8.14. The Morgan fingerprint density at radius 2 is 1.77 bits per heavy atom. The maximum absolute atomic E-state index is 6.25. The molecule has 2 saturated carbocycles. The van der Waals surface area contributed by atoms with Gasteiger partial charge in [-0.1, -0.05) is 30.9 Å². The molecule has 2 N–H and O–H groups in total. The van der Waals surface area contributed by atoms with Crippen molar-refractivity contribution in [1.29, 1.82) is 0 Å². The maximum Gasteiger partial charge on any atom is 0.0741 e. The van der Waals surface area contributed by atoms with Gasteiger partial charge in [-0.15, -0.1) is 0 Å². The van der Waals surface area contributed by atoms with Crippen molar-refractivity contribution in [2.45, 2.75) is 50.9 Å². The van der Waals surface area contributed by atoms with Gasteiger partial charge in [0.2, 0.25) is 0 Å². The highest BCUT2D eigenvalue weighted by molar-refractivity contribution is 6.31. The van der Waals surface area contributed by atoms with E-state index in [1.807, 2.05) is 12.1 Å². The summed E-state index contributed by atoms with van der Waals surface area (Å²) in [5.74, 6) is 2.17. The second-order valence-electron chi connectivity index (χ2n) is 8.13. The summed E-state index contributed by atoms with van der Waals surface area (Å²) in [6.07, 6.45) is 9.25. The number of fused-ring (bicyclic) bond motifs is 1. The molecule has 3 nitrogen and oxygen atoms in total. The van der Waals surface area contributed by atoms with Crippen molar-refractivity contribution < 1.29 is 0 Å². The van der Waals surface area contributed by atoms with Gasteiger partial charge in [0.05, 0.1) is 5.52 Å². The predicted molar refractivity (Wildman–Crippen MR) is 111 cm³/mol. The van der Waals surface area contributed by atoms with E-state index in [1.54, 1.807) is 0 Å². The Balaban J connectivity index is 1.60. The Bertz CT molecular complexity index is 754. The molecule has 2 aliphatic carbocycles. The third-order valence-electron chi connectivity index (χ3n) is 6.40. The minimum atomic E-state index is 0.613. The fraction of sp³-hybridized carbons (Fsp3) is 0.591. The lowest BCUT2D eigenvalue weighted by Crippen LogP contribution is -2.26. The van der Waals surface area contributed by atoms with Crippen molar-refractivity contribution in [2.75, 3.05) is 25.5 Å². The van der Waals surface area contributed by atoms with Crippen LogP contribution in [0, 0.1) is 11.8 Å². The van der Waals surface area contributed by atoms with E-state index in [0.717, 1.165) is 35.5 Å². The molecule has 2 unspecified atom stereocenters. The first-order valence-electron chi connectivity index (χ1n) is 10.2. The number of aromatic nitrogens is 1. The molecule has 2 aliphatic rings. The van der Waals surface area contributed by atoms with E-state index in [1.165, 1.54) is 61.7 Å². The molecule has 4 rings (SSSR count). The Hall–Kier alpha value is -1.32. The summed E-state index contributed by atoms with van der Waals surface area (Å²) in [7, 11) is 2.07. The molecule has 4 heteroatoms. The molecule has 0 aliphatic heterocycles. The lowest BCUT2D eigenvalue weighted by Gasteiger charge is -2.21. The molecule has 2 aromatic rings. The highest BCUT2D eigenvalue weighted by Crippen LogP contribution is 2.37. The van der Waals surface area contributed by atoms with Gasteiger partial charge in [0, 0.05) is 34.3 Å². The van der Waals surface area contributed by atoms with Gasteiger partial charge in [-0.25, -0.2) is 0 Å². The third-order valence-corrected chi connectivity index (χ3v) is 6.64. The van der Waals surface area contributed by atoms with Crippen molar-refractivity contribution in [2.24, 2.45) is 11.8 Å². The van der Waals surface area contributed by atoms with E-state index in [-0.39, 0.29) is 0 Å². The first-order valence-corrected chi connectivity index (χ1v) is 10.6. The normalized spacial score (nSPS) is 23.8. The standard InChI is InChI=1S/C22H30ClN3/c1-24-13-16-7-4-8-17(16)14-25-21-12-20(15-5-2-3-6-15)26-22-11-18(23)9-10-19(21)22/h9-12,15-17,24H,2-8,13-14H2,1H3,(H,25,26). The number of nitrogens with one attached hydrogen (secondary N) is 2. The van der Waals surface area contributed by atoms with Crippen molar-refractivity contribution in [3.05, 3.63) is 35.0 Å². The molecular weight excluding hydrogens is 342 g/mol. The number of rotatable bonds is 6. The summed E-state index contributed by atoms with van der Waals surface area (Å²) >= 11 is 6.25. The van der Waals surface area contributed by atoms with Crippen molar-refractivity contribution >= 4 is 28.2 Å². The lowest BCUT2D eigenvalue weighted by molar-refractivity contribution is 0.392. The molecule has 0 radical (unpaired) electrons. The Labute approximate surface area is 161 Å². The molecular formula is C22H30ClN3. The smallest absolute Gasteiger partial charge is 0.0741 e. The molecule has 2 atom stereocenters. The van der Waals surface area contributed by atoms with Crippen LogP contribution in [0.2, 0.25) is 5.02 Å². The monoisotopic (exact) mass is 371 g/mol. The molecule has 140 valence electrons. The summed E-state index contributed by atoms with van der Waals surface area (Å²) in [5.41, 5.74) is 3.52. The fourth-order valence-electron chi connectivity index (χ4n) is 4.95. The van der Waals surface area contributed by atoms with Crippen LogP contribution in [0.15, 0.2) is 24.3 Å². The maximum atomic E-state index is 6.25. The van der Waals surface area contributed by atoms with Crippen LogP contribution < -0.4 is 10.6 Å². The summed E-state index contributed by atoms with van der Waals surface area (Å²) < 4.78 is 0. The minimum Gasteiger partial charge on any atom is -0.384 e. The largest absolute Gasteiger partial charge is 0.384 e. The van der Waals surface area contributed by atoms with Crippen molar-refractivity contribution in [3.63, 3.8) is 0 Å². The zero-order valence-corrected chi connectivity index (χ0v) is 16.5. The number of pyridine rings is 1. The van der Waals surface area contributed by atoms with Crippen LogP contribution in [0.1, 0.15) is 56.6 Å². The summed E-state index contributed by atoms with van der Waals surface area (Å²) in [6.45, 7) is 2.19. The van der Waals surface area contributed by atoms with Gasteiger partial charge >= 0.3 is 0 Å². The van der Waals surface area contributed by atoms with Crippen LogP contribution in [0.4, 0.5) is 5.69 Å². The molecule has 26 heavy (non-hydrogen) atoms. The number of nitrogens with zero attached hydrogens (tertiary/aromatic N) is 1. The predicted octanol–water partition coefficient (Wildman–Crippen LogP) is 5.59. The Kier molecular flexibility index (Phi) is 5.66. The average molecular weight is 372 g/mol. The summed E-state index contributed by atoms with van der Waals surface area (Å²) in [6, 6.07) is 8.42. The van der Waals surface area contributed by atoms with Crippen LogP contribution in [0.5, 0.6) is 0 Å².